The second-order valence-electron chi connectivity index (χ2n) is 12.9. The molecule has 2 aromatic heterocycles. The van der Waals surface area contributed by atoms with Gasteiger partial charge in [-0.15, -0.1) is 0 Å². The molecule has 0 radical (unpaired) electrons. The summed E-state index contributed by atoms with van der Waals surface area (Å²) < 4.78 is 0. The summed E-state index contributed by atoms with van der Waals surface area (Å²) >= 11 is 0. The van der Waals surface area contributed by atoms with Crippen molar-refractivity contribution >= 4 is 33.4 Å². The lowest BCUT2D eigenvalue weighted by Crippen LogP contribution is -2.21. The maximum Gasteiger partial charge on any atom is 0.124 e. The minimum atomic E-state index is 0.501. The molecule has 5 heteroatoms. The van der Waals surface area contributed by atoms with Crippen molar-refractivity contribution in [3.05, 3.63) is 143 Å². The van der Waals surface area contributed by atoms with E-state index in [-0.39, 0.29) is 0 Å². The Bertz CT molecular complexity index is 1880. The molecule has 46 heavy (non-hydrogen) atoms. The number of aromatic nitrogens is 2. The molecule has 0 amide bonds. The predicted octanol–water partition coefficient (Wildman–Crippen LogP) is 8.90. The molecule has 0 atom stereocenters. The number of pyridine rings is 2. The SMILES string of the molecule is CC(C)CCc1cccc(Cc2cc(N)nc3ccccc23)c1.CC(C)NCc1ccc(Cc2cc(N)nc3ccccc23)cc1. The highest BCUT2D eigenvalue weighted by Crippen LogP contribution is 2.24. The molecule has 2 heterocycles. The van der Waals surface area contributed by atoms with E-state index in [9.17, 15) is 0 Å². The first kappa shape index (κ1) is 32.6. The quantitative estimate of drug-likeness (QED) is 0.144. The number of para-hydroxylation sites is 2. The maximum absolute atomic E-state index is 5.98. The zero-order chi connectivity index (χ0) is 32.5. The Kier molecular flexibility index (Phi) is 11.0. The Hall–Kier alpha value is -4.74. The molecule has 0 aliphatic rings. The Morgan fingerprint density at radius 3 is 1.65 bits per heavy atom. The molecule has 0 spiro atoms. The van der Waals surface area contributed by atoms with E-state index in [1.54, 1.807) is 0 Å². The van der Waals surface area contributed by atoms with E-state index in [2.05, 4.69) is 110 Å². The van der Waals surface area contributed by atoms with Gasteiger partial charge in [0, 0.05) is 23.4 Å². The fraction of sp³-hybridized carbons (Fsp3) is 0.268. The first-order valence-electron chi connectivity index (χ1n) is 16.4. The molecule has 236 valence electrons. The predicted molar refractivity (Wildman–Crippen MR) is 196 cm³/mol. The number of anilines is 2. The molecule has 5 nitrogen and oxygen atoms in total. The minimum Gasteiger partial charge on any atom is -0.384 e. The van der Waals surface area contributed by atoms with Crippen molar-refractivity contribution in [2.24, 2.45) is 5.92 Å². The van der Waals surface area contributed by atoms with E-state index >= 15 is 0 Å². The molecule has 6 aromatic rings. The Balaban J connectivity index is 0.000000181. The van der Waals surface area contributed by atoms with Gasteiger partial charge in [0.2, 0.25) is 0 Å². The van der Waals surface area contributed by atoms with Crippen molar-refractivity contribution in [3.8, 4) is 0 Å². The zero-order valence-electron chi connectivity index (χ0n) is 27.6. The molecule has 0 bridgehead atoms. The van der Waals surface area contributed by atoms with Gasteiger partial charge in [0.25, 0.3) is 0 Å². The maximum atomic E-state index is 5.98. The average Bonchev–Trinajstić information content (AvgIpc) is 3.04. The number of aryl methyl sites for hydroxylation is 1. The Labute approximate surface area is 274 Å². The Morgan fingerprint density at radius 2 is 1.09 bits per heavy atom. The van der Waals surface area contributed by atoms with Crippen LogP contribution in [0.15, 0.2) is 109 Å². The van der Waals surface area contributed by atoms with Crippen LogP contribution in [-0.4, -0.2) is 16.0 Å². The molecule has 0 aliphatic carbocycles. The van der Waals surface area contributed by atoms with E-state index in [1.165, 1.54) is 50.6 Å². The van der Waals surface area contributed by atoms with Gasteiger partial charge >= 0.3 is 0 Å². The number of nitrogens with two attached hydrogens (primary N) is 2. The molecular formula is C41H47N5. The van der Waals surface area contributed by atoms with Crippen LogP contribution in [0, 0.1) is 5.92 Å². The van der Waals surface area contributed by atoms with Crippen molar-refractivity contribution in [2.75, 3.05) is 11.5 Å². The van der Waals surface area contributed by atoms with E-state index in [1.807, 2.05) is 42.5 Å². The number of hydrogen-bond donors (Lipinski definition) is 3. The van der Waals surface area contributed by atoms with Gasteiger partial charge in [-0.25, -0.2) is 9.97 Å². The van der Waals surface area contributed by atoms with Crippen molar-refractivity contribution < 1.29 is 0 Å². The molecule has 5 N–H and O–H groups in total. The second-order valence-corrected chi connectivity index (χ2v) is 12.9. The monoisotopic (exact) mass is 609 g/mol. The fourth-order valence-corrected chi connectivity index (χ4v) is 5.72. The van der Waals surface area contributed by atoms with Gasteiger partial charge in [-0.05, 0) is 89.2 Å². The van der Waals surface area contributed by atoms with Gasteiger partial charge < -0.3 is 16.8 Å². The Morgan fingerprint density at radius 1 is 0.565 bits per heavy atom. The number of hydrogen-bond acceptors (Lipinski definition) is 5. The molecule has 6 rings (SSSR count). The van der Waals surface area contributed by atoms with Crippen molar-refractivity contribution in [1.82, 2.24) is 15.3 Å². The van der Waals surface area contributed by atoms with E-state index in [4.69, 9.17) is 11.5 Å². The summed E-state index contributed by atoms with van der Waals surface area (Å²) in [6, 6.07) is 38.6. The summed E-state index contributed by atoms with van der Waals surface area (Å²) in [6.45, 7) is 9.77. The van der Waals surface area contributed by atoms with Gasteiger partial charge in [-0.3, -0.25) is 0 Å². The van der Waals surface area contributed by atoms with Crippen LogP contribution in [0.25, 0.3) is 21.8 Å². The lowest BCUT2D eigenvalue weighted by molar-refractivity contribution is 0.586. The van der Waals surface area contributed by atoms with Crippen molar-refractivity contribution in [1.29, 1.82) is 0 Å². The molecule has 0 fully saturated rings. The number of rotatable bonds is 10. The number of nitrogen functional groups attached to an aromatic ring is 2. The first-order chi connectivity index (χ1) is 22.2. The lowest BCUT2D eigenvalue weighted by atomic mass is 9.97. The zero-order valence-corrected chi connectivity index (χ0v) is 27.6. The number of nitrogens with zero attached hydrogens (tertiary/aromatic N) is 2. The summed E-state index contributed by atoms with van der Waals surface area (Å²) in [5, 5.41) is 5.80. The van der Waals surface area contributed by atoms with Crippen LogP contribution in [0.5, 0.6) is 0 Å². The van der Waals surface area contributed by atoms with E-state index < -0.39 is 0 Å². The van der Waals surface area contributed by atoms with Crippen LogP contribution in [0.1, 0.15) is 67.5 Å². The summed E-state index contributed by atoms with van der Waals surface area (Å²) in [5.41, 5.74) is 21.7. The van der Waals surface area contributed by atoms with Gasteiger partial charge in [0.1, 0.15) is 11.6 Å². The molecule has 0 aliphatic heterocycles. The summed E-state index contributed by atoms with van der Waals surface area (Å²) in [7, 11) is 0. The average molecular weight is 610 g/mol. The minimum absolute atomic E-state index is 0.501. The van der Waals surface area contributed by atoms with Crippen LogP contribution >= 0.6 is 0 Å². The molecule has 0 unspecified atom stereocenters. The molecule has 0 saturated heterocycles. The normalized spacial score (nSPS) is 11.3. The largest absolute Gasteiger partial charge is 0.384 e. The highest BCUT2D eigenvalue weighted by Gasteiger charge is 2.07. The first-order valence-corrected chi connectivity index (χ1v) is 16.4. The number of benzene rings is 4. The third-order valence-corrected chi connectivity index (χ3v) is 8.17. The van der Waals surface area contributed by atoms with E-state index in [0.29, 0.717) is 17.7 Å². The third-order valence-electron chi connectivity index (χ3n) is 8.17. The lowest BCUT2D eigenvalue weighted by Gasteiger charge is -2.10. The second kappa shape index (κ2) is 15.5. The van der Waals surface area contributed by atoms with Gasteiger partial charge in [0.05, 0.1) is 11.0 Å². The molecule has 0 saturated carbocycles. The summed E-state index contributed by atoms with van der Waals surface area (Å²) in [5.74, 6) is 1.91. The third kappa shape index (κ3) is 9.15. The molecule has 4 aromatic carbocycles. The fourth-order valence-electron chi connectivity index (χ4n) is 5.72. The highest BCUT2D eigenvalue weighted by atomic mass is 14.9. The smallest absolute Gasteiger partial charge is 0.124 e. The van der Waals surface area contributed by atoms with Crippen LogP contribution in [0.3, 0.4) is 0 Å². The molecular weight excluding hydrogens is 562 g/mol. The van der Waals surface area contributed by atoms with Gasteiger partial charge in [-0.1, -0.05) is 113 Å². The van der Waals surface area contributed by atoms with Gasteiger partial charge in [-0.2, -0.15) is 0 Å². The standard InChI is InChI=1S/C21H24N2.C20H23N3/c1-15(2)10-11-16-6-5-7-17(12-16)13-18-14-21(22)23-20-9-4-3-8-19(18)20;1-14(2)22-13-16-9-7-15(8-10-16)11-17-12-20(21)23-19-6-4-3-5-18(17)19/h3-9,12,14-15H,10-11,13H2,1-2H3,(H2,22,23);3-10,12,14,22H,11,13H2,1-2H3,(H2,21,23). The van der Waals surface area contributed by atoms with Crippen molar-refractivity contribution in [3.63, 3.8) is 0 Å². The highest BCUT2D eigenvalue weighted by molar-refractivity contribution is 5.85. The van der Waals surface area contributed by atoms with Crippen molar-refractivity contribution in [2.45, 2.75) is 66.0 Å². The topological polar surface area (TPSA) is 89.8 Å². The van der Waals surface area contributed by atoms with E-state index in [0.717, 1.165) is 42.8 Å². The van der Waals surface area contributed by atoms with Crippen LogP contribution in [0.4, 0.5) is 11.6 Å². The van der Waals surface area contributed by atoms with Crippen LogP contribution in [0.2, 0.25) is 0 Å². The summed E-state index contributed by atoms with van der Waals surface area (Å²) in [4.78, 5) is 8.82. The summed E-state index contributed by atoms with van der Waals surface area (Å²) in [6.07, 6.45) is 4.13. The van der Waals surface area contributed by atoms with Crippen LogP contribution < -0.4 is 16.8 Å². The number of nitrogens with one attached hydrogen (secondary N) is 1. The van der Waals surface area contributed by atoms with Crippen LogP contribution in [-0.2, 0) is 25.8 Å². The van der Waals surface area contributed by atoms with Gasteiger partial charge in [0.15, 0.2) is 0 Å². The number of fused-ring (bicyclic) bond motifs is 2.